The monoisotopic (exact) mass is 281 g/mol. The summed E-state index contributed by atoms with van der Waals surface area (Å²) in [4.78, 5) is 17.5. The summed E-state index contributed by atoms with van der Waals surface area (Å²) in [6.45, 7) is 12.0. The van der Waals surface area contributed by atoms with Gasteiger partial charge in [0.05, 0.1) is 11.7 Å². The highest BCUT2D eigenvalue weighted by Gasteiger charge is 2.48. The average Bonchev–Trinajstić information content (AvgIpc) is 2.73. The Bertz CT molecular complexity index is 339. The van der Waals surface area contributed by atoms with E-state index in [4.69, 9.17) is 0 Å². The normalized spacial score (nSPS) is 33.1. The van der Waals surface area contributed by atoms with Gasteiger partial charge in [0.1, 0.15) is 0 Å². The molecule has 2 atom stereocenters. The van der Waals surface area contributed by atoms with Gasteiger partial charge in [-0.05, 0) is 45.6 Å². The van der Waals surface area contributed by atoms with Crippen LogP contribution in [0.3, 0.4) is 0 Å². The number of piperidine rings is 1. The van der Waals surface area contributed by atoms with Crippen molar-refractivity contribution in [3.8, 4) is 0 Å². The van der Waals surface area contributed by atoms with Crippen molar-refractivity contribution in [1.82, 2.24) is 15.1 Å². The fraction of sp³-hybridized carbons (Fsp3) is 0.938. The molecule has 2 rings (SSSR count). The summed E-state index contributed by atoms with van der Waals surface area (Å²) in [6, 6.07) is 0.432. The van der Waals surface area contributed by atoms with Crippen LogP contribution in [0.4, 0.5) is 0 Å². The van der Waals surface area contributed by atoms with Crippen molar-refractivity contribution in [3.63, 3.8) is 0 Å². The van der Waals surface area contributed by atoms with Crippen molar-refractivity contribution in [3.05, 3.63) is 0 Å². The number of amides is 1. The molecule has 0 saturated carbocycles. The first-order valence-electron chi connectivity index (χ1n) is 8.38. The van der Waals surface area contributed by atoms with E-state index in [1.54, 1.807) is 0 Å². The summed E-state index contributed by atoms with van der Waals surface area (Å²) in [5.41, 5.74) is -0.346. The van der Waals surface area contributed by atoms with E-state index in [9.17, 15) is 4.79 Å². The summed E-state index contributed by atoms with van der Waals surface area (Å²) in [5, 5.41) is 3.56. The second-order valence-electron chi connectivity index (χ2n) is 6.54. The number of carbonyl (C=O) groups excluding carboxylic acids is 1. The van der Waals surface area contributed by atoms with Gasteiger partial charge in [0, 0.05) is 19.1 Å². The van der Waals surface area contributed by atoms with Crippen LogP contribution < -0.4 is 5.32 Å². The van der Waals surface area contributed by atoms with Crippen molar-refractivity contribution in [1.29, 1.82) is 0 Å². The van der Waals surface area contributed by atoms with Crippen molar-refractivity contribution < 1.29 is 4.79 Å². The van der Waals surface area contributed by atoms with Gasteiger partial charge >= 0.3 is 0 Å². The zero-order valence-corrected chi connectivity index (χ0v) is 13.6. The van der Waals surface area contributed by atoms with E-state index in [-0.39, 0.29) is 11.7 Å². The number of likely N-dealkylation sites (tertiary alicyclic amines) is 1. The maximum atomic E-state index is 12.8. The zero-order valence-electron chi connectivity index (χ0n) is 13.6. The minimum Gasteiger partial charge on any atom is -0.322 e. The molecule has 2 aliphatic heterocycles. The van der Waals surface area contributed by atoms with Gasteiger partial charge in [-0.3, -0.25) is 10.1 Å². The maximum Gasteiger partial charge on any atom is 0.244 e. The molecule has 0 bridgehead atoms. The molecule has 0 radical (unpaired) electrons. The molecule has 4 nitrogen and oxygen atoms in total. The van der Waals surface area contributed by atoms with Crippen molar-refractivity contribution in [2.75, 3.05) is 19.6 Å². The quantitative estimate of drug-likeness (QED) is 0.839. The van der Waals surface area contributed by atoms with Gasteiger partial charge in [-0.2, -0.15) is 0 Å². The van der Waals surface area contributed by atoms with E-state index in [0.29, 0.717) is 11.9 Å². The lowest BCUT2D eigenvalue weighted by atomic mass is 9.97. The average molecular weight is 281 g/mol. The Balaban J connectivity index is 2.02. The smallest absolute Gasteiger partial charge is 0.244 e. The largest absolute Gasteiger partial charge is 0.322 e. The first kappa shape index (κ1) is 15.8. The summed E-state index contributed by atoms with van der Waals surface area (Å²) in [6.07, 6.45) is 5.58. The van der Waals surface area contributed by atoms with Gasteiger partial charge in [0.15, 0.2) is 0 Å². The van der Waals surface area contributed by atoms with Crippen LogP contribution in [0.25, 0.3) is 0 Å². The van der Waals surface area contributed by atoms with E-state index in [1.807, 2.05) is 0 Å². The Morgan fingerprint density at radius 1 is 1.25 bits per heavy atom. The van der Waals surface area contributed by atoms with Gasteiger partial charge < -0.3 is 9.80 Å². The molecule has 0 aromatic rings. The number of rotatable bonds is 5. The standard InChI is InChI=1S/C16H31N3O/c1-5-10-18-11-8-13(9-12-18)19-14(6-2)17-16(4,7-3)15(19)20/h13-14,17H,5-12H2,1-4H3. The van der Waals surface area contributed by atoms with Gasteiger partial charge in [0.25, 0.3) is 0 Å². The molecule has 2 heterocycles. The fourth-order valence-corrected chi connectivity index (χ4v) is 3.64. The number of nitrogens with zero attached hydrogens (tertiary/aromatic N) is 2. The molecule has 116 valence electrons. The molecule has 2 unspecified atom stereocenters. The lowest BCUT2D eigenvalue weighted by Crippen LogP contribution is -2.50. The molecule has 0 aromatic heterocycles. The van der Waals surface area contributed by atoms with Crippen LogP contribution in [-0.4, -0.2) is 53.1 Å². The molecular weight excluding hydrogens is 250 g/mol. The number of hydrogen-bond donors (Lipinski definition) is 1. The molecule has 2 aliphatic rings. The van der Waals surface area contributed by atoms with Gasteiger partial charge in [-0.15, -0.1) is 0 Å². The Hall–Kier alpha value is -0.610. The van der Waals surface area contributed by atoms with Crippen LogP contribution in [-0.2, 0) is 4.79 Å². The molecule has 0 aromatic carbocycles. The van der Waals surface area contributed by atoms with Crippen molar-refractivity contribution in [2.45, 2.75) is 77.5 Å². The number of carbonyl (C=O) groups is 1. The fourth-order valence-electron chi connectivity index (χ4n) is 3.64. The highest BCUT2D eigenvalue weighted by Crippen LogP contribution is 2.30. The SMILES string of the molecule is CCCN1CCC(N2C(=O)C(C)(CC)NC2CC)CC1. The van der Waals surface area contributed by atoms with Crippen LogP contribution in [0.15, 0.2) is 0 Å². The Morgan fingerprint density at radius 2 is 1.90 bits per heavy atom. The van der Waals surface area contributed by atoms with Gasteiger partial charge in [0.2, 0.25) is 5.91 Å². The lowest BCUT2D eigenvalue weighted by Gasteiger charge is -2.39. The lowest BCUT2D eigenvalue weighted by molar-refractivity contribution is -0.136. The molecule has 2 fully saturated rings. The number of nitrogens with one attached hydrogen (secondary N) is 1. The highest BCUT2D eigenvalue weighted by molar-refractivity contribution is 5.88. The maximum absolute atomic E-state index is 12.8. The molecule has 1 amide bonds. The Labute approximate surface area is 123 Å². The molecular formula is C16H31N3O. The topological polar surface area (TPSA) is 35.6 Å². The van der Waals surface area contributed by atoms with E-state index in [2.05, 4.69) is 42.8 Å². The first-order chi connectivity index (χ1) is 9.55. The predicted octanol–water partition coefficient (Wildman–Crippen LogP) is 2.20. The van der Waals surface area contributed by atoms with Crippen molar-refractivity contribution in [2.24, 2.45) is 0 Å². The molecule has 1 N–H and O–H groups in total. The van der Waals surface area contributed by atoms with E-state index >= 15 is 0 Å². The van der Waals surface area contributed by atoms with Gasteiger partial charge in [-0.25, -0.2) is 0 Å². The molecule has 20 heavy (non-hydrogen) atoms. The van der Waals surface area contributed by atoms with Crippen LogP contribution in [0, 0.1) is 0 Å². The summed E-state index contributed by atoms with van der Waals surface area (Å²) < 4.78 is 0. The molecule has 4 heteroatoms. The Kier molecular flexibility index (Phi) is 5.08. The summed E-state index contributed by atoms with van der Waals surface area (Å²) in [7, 11) is 0. The Morgan fingerprint density at radius 3 is 2.40 bits per heavy atom. The summed E-state index contributed by atoms with van der Waals surface area (Å²) in [5.74, 6) is 0.320. The third kappa shape index (κ3) is 2.86. The van der Waals surface area contributed by atoms with Crippen LogP contribution in [0.2, 0.25) is 0 Å². The third-order valence-corrected chi connectivity index (χ3v) is 5.11. The first-order valence-corrected chi connectivity index (χ1v) is 8.38. The van der Waals surface area contributed by atoms with Gasteiger partial charge in [-0.1, -0.05) is 20.8 Å². The third-order valence-electron chi connectivity index (χ3n) is 5.11. The van der Waals surface area contributed by atoms with E-state index in [1.165, 1.54) is 13.0 Å². The minimum atomic E-state index is -0.346. The summed E-state index contributed by atoms with van der Waals surface area (Å²) >= 11 is 0. The number of hydrogen-bond acceptors (Lipinski definition) is 3. The van der Waals surface area contributed by atoms with E-state index < -0.39 is 0 Å². The van der Waals surface area contributed by atoms with Crippen LogP contribution >= 0.6 is 0 Å². The molecule has 2 saturated heterocycles. The van der Waals surface area contributed by atoms with Crippen LogP contribution in [0.1, 0.15) is 59.8 Å². The highest BCUT2D eigenvalue weighted by atomic mass is 16.2. The predicted molar refractivity (Wildman–Crippen MR) is 82.5 cm³/mol. The second kappa shape index (κ2) is 6.44. The van der Waals surface area contributed by atoms with Crippen LogP contribution in [0.5, 0.6) is 0 Å². The minimum absolute atomic E-state index is 0.232. The molecule has 0 spiro atoms. The molecule has 0 aliphatic carbocycles. The van der Waals surface area contributed by atoms with E-state index in [0.717, 1.165) is 38.8 Å². The second-order valence-corrected chi connectivity index (χ2v) is 6.54. The zero-order chi connectivity index (χ0) is 14.8. The van der Waals surface area contributed by atoms with Crippen molar-refractivity contribution >= 4 is 5.91 Å².